The molecule has 2 heterocycles. The lowest BCUT2D eigenvalue weighted by Gasteiger charge is -2.20. The average Bonchev–Trinajstić information content (AvgIpc) is 3.26. The summed E-state index contributed by atoms with van der Waals surface area (Å²) >= 11 is 7.71. The number of rotatable bonds is 6. The highest BCUT2D eigenvalue weighted by Crippen LogP contribution is 2.34. The van der Waals surface area contributed by atoms with Crippen molar-refractivity contribution in [2.75, 3.05) is 32.1 Å². The number of para-hydroxylation sites is 1. The normalized spacial score (nSPS) is 11.6. The second kappa shape index (κ2) is 9.18. The summed E-state index contributed by atoms with van der Waals surface area (Å²) in [6.07, 6.45) is 0.713. The molecular weight excluding hydrogens is 470 g/mol. The zero-order valence-electron chi connectivity index (χ0n) is 18.7. The van der Waals surface area contributed by atoms with E-state index in [0.29, 0.717) is 34.2 Å². The van der Waals surface area contributed by atoms with Crippen LogP contribution >= 0.6 is 22.9 Å². The van der Waals surface area contributed by atoms with Crippen LogP contribution in [-0.2, 0) is 0 Å². The largest absolute Gasteiger partial charge is 0.422 e. The van der Waals surface area contributed by atoms with Gasteiger partial charge in [0.1, 0.15) is 16.7 Å². The fraction of sp³-hybridized carbons (Fsp3) is 0.192. The van der Waals surface area contributed by atoms with Gasteiger partial charge in [0.05, 0.1) is 9.72 Å². The lowest BCUT2D eigenvalue weighted by molar-refractivity contribution is 0.0982. The third-order valence-electron chi connectivity index (χ3n) is 5.69. The molecule has 172 valence electrons. The number of thiazole rings is 1. The van der Waals surface area contributed by atoms with Crippen LogP contribution in [0.3, 0.4) is 0 Å². The number of amides is 1. The van der Waals surface area contributed by atoms with Crippen LogP contribution in [0.4, 0.5) is 5.13 Å². The Morgan fingerprint density at radius 1 is 1.03 bits per heavy atom. The summed E-state index contributed by atoms with van der Waals surface area (Å²) in [5.74, 6) is -0.433. The average molecular weight is 492 g/mol. The van der Waals surface area contributed by atoms with E-state index >= 15 is 0 Å². The maximum absolute atomic E-state index is 13.8. The minimum atomic E-state index is -0.662. The molecule has 0 atom stereocenters. The number of aromatic nitrogens is 1. The predicted molar refractivity (Wildman–Crippen MR) is 139 cm³/mol. The van der Waals surface area contributed by atoms with Gasteiger partial charge in [-0.05, 0) is 62.1 Å². The van der Waals surface area contributed by atoms with Crippen molar-refractivity contribution in [3.8, 4) is 0 Å². The molecule has 0 spiro atoms. The Morgan fingerprint density at radius 3 is 2.65 bits per heavy atom. The molecule has 0 aliphatic rings. The van der Waals surface area contributed by atoms with Crippen LogP contribution in [0, 0.1) is 0 Å². The van der Waals surface area contributed by atoms with E-state index in [-0.39, 0.29) is 5.56 Å². The van der Waals surface area contributed by atoms with Gasteiger partial charge in [-0.2, -0.15) is 0 Å². The third kappa shape index (κ3) is 4.18. The van der Waals surface area contributed by atoms with Crippen LogP contribution in [0.2, 0.25) is 5.02 Å². The van der Waals surface area contributed by atoms with Gasteiger partial charge in [-0.15, -0.1) is 0 Å². The van der Waals surface area contributed by atoms with Crippen molar-refractivity contribution < 1.29 is 9.21 Å². The van der Waals surface area contributed by atoms with Crippen molar-refractivity contribution in [2.24, 2.45) is 0 Å². The Kier molecular flexibility index (Phi) is 6.08. The van der Waals surface area contributed by atoms with Gasteiger partial charge in [0.25, 0.3) is 5.91 Å². The van der Waals surface area contributed by atoms with Crippen LogP contribution in [0.25, 0.3) is 32.0 Å². The Hall–Kier alpha value is -3.26. The number of hydrogen-bond acceptors (Lipinski definition) is 6. The molecule has 0 saturated heterocycles. The van der Waals surface area contributed by atoms with Crippen LogP contribution in [0.1, 0.15) is 16.8 Å². The minimum absolute atomic E-state index is 0.0148. The van der Waals surface area contributed by atoms with Gasteiger partial charge < -0.3 is 9.32 Å². The predicted octanol–water partition coefficient (Wildman–Crippen LogP) is 5.81. The zero-order chi connectivity index (χ0) is 23.8. The maximum atomic E-state index is 13.8. The van der Waals surface area contributed by atoms with E-state index in [2.05, 4.69) is 4.98 Å². The summed E-state index contributed by atoms with van der Waals surface area (Å²) in [5, 5.41) is 3.68. The van der Waals surface area contributed by atoms with Gasteiger partial charge in [-0.25, -0.2) is 9.78 Å². The molecule has 3 aromatic carbocycles. The van der Waals surface area contributed by atoms with E-state index < -0.39 is 11.5 Å². The first kappa shape index (κ1) is 22.5. The highest BCUT2D eigenvalue weighted by atomic mass is 35.5. The van der Waals surface area contributed by atoms with Gasteiger partial charge in [0.2, 0.25) is 0 Å². The summed E-state index contributed by atoms with van der Waals surface area (Å²) in [6, 6.07) is 18.7. The topological polar surface area (TPSA) is 66.7 Å². The number of fused-ring (bicyclic) bond motifs is 4. The molecule has 8 heteroatoms. The molecule has 6 nitrogen and oxygen atoms in total. The van der Waals surface area contributed by atoms with Crippen molar-refractivity contribution in [3.63, 3.8) is 0 Å². The van der Waals surface area contributed by atoms with Crippen molar-refractivity contribution in [1.82, 2.24) is 9.88 Å². The molecule has 5 rings (SSSR count). The summed E-state index contributed by atoms with van der Waals surface area (Å²) in [4.78, 5) is 34.9. The number of carbonyl (C=O) groups is 1. The van der Waals surface area contributed by atoms with Crippen LogP contribution < -0.4 is 10.5 Å². The molecule has 34 heavy (non-hydrogen) atoms. The number of benzene rings is 3. The highest BCUT2D eigenvalue weighted by molar-refractivity contribution is 7.22. The highest BCUT2D eigenvalue weighted by Gasteiger charge is 2.25. The molecule has 1 amide bonds. The standard InChI is InChI=1S/C26H22ClN3O3S/c1-29(2)13-6-14-30(26-28-23-20(27)9-5-10-22(23)34-26)24(31)19-15-18-17-8-4-3-7-16(17)11-12-21(18)33-25(19)32/h3-5,7-12,15H,6,13-14H2,1-2H3. The molecule has 0 aliphatic carbocycles. The van der Waals surface area contributed by atoms with Gasteiger partial charge >= 0.3 is 5.63 Å². The fourth-order valence-electron chi connectivity index (χ4n) is 4.01. The maximum Gasteiger partial charge on any atom is 0.349 e. The Bertz CT molecular complexity index is 1590. The SMILES string of the molecule is CN(C)CCCN(C(=O)c1cc2c(ccc3ccccc32)oc1=O)c1nc2c(Cl)cccc2s1. The van der Waals surface area contributed by atoms with E-state index in [1.54, 1.807) is 23.1 Å². The number of hydrogen-bond donors (Lipinski definition) is 0. The Balaban J connectivity index is 1.62. The van der Waals surface area contributed by atoms with Gasteiger partial charge in [-0.1, -0.05) is 59.3 Å². The molecule has 0 unspecified atom stereocenters. The Labute approximate surface area is 205 Å². The number of anilines is 1. The van der Waals surface area contributed by atoms with Gasteiger partial charge in [-0.3, -0.25) is 9.69 Å². The van der Waals surface area contributed by atoms with Crippen molar-refractivity contribution in [1.29, 1.82) is 0 Å². The van der Waals surface area contributed by atoms with E-state index in [1.807, 2.05) is 61.5 Å². The molecule has 0 saturated carbocycles. The van der Waals surface area contributed by atoms with Crippen molar-refractivity contribution in [2.45, 2.75) is 6.42 Å². The molecule has 0 fully saturated rings. The van der Waals surface area contributed by atoms with E-state index in [9.17, 15) is 9.59 Å². The fourth-order valence-corrected chi connectivity index (χ4v) is 5.30. The summed E-state index contributed by atoms with van der Waals surface area (Å²) < 4.78 is 6.46. The van der Waals surface area contributed by atoms with Crippen molar-refractivity contribution in [3.05, 3.63) is 81.7 Å². The minimum Gasteiger partial charge on any atom is -0.422 e. The van der Waals surface area contributed by atoms with Gasteiger partial charge in [0, 0.05) is 11.9 Å². The van der Waals surface area contributed by atoms with E-state index in [0.717, 1.165) is 27.4 Å². The smallest absolute Gasteiger partial charge is 0.349 e. The van der Waals surface area contributed by atoms with Crippen LogP contribution in [0.5, 0.6) is 0 Å². The molecule has 0 radical (unpaired) electrons. The number of halogens is 1. The zero-order valence-corrected chi connectivity index (χ0v) is 20.3. The molecule has 0 N–H and O–H groups in total. The molecule has 0 bridgehead atoms. The number of nitrogens with zero attached hydrogens (tertiary/aromatic N) is 3. The first-order valence-electron chi connectivity index (χ1n) is 10.9. The number of carbonyl (C=O) groups excluding carboxylic acids is 1. The van der Waals surface area contributed by atoms with Crippen molar-refractivity contribution >= 4 is 65.9 Å². The van der Waals surface area contributed by atoms with Crippen LogP contribution in [-0.4, -0.2) is 43.0 Å². The quantitative estimate of drug-likeness (QED) is 0.221. The monoisotopic (exact) mass is 491 g/mol. The lowest BCUT2D eigenvalue weighted by Crippen LogP contribution is -2.36. The summed E-state index contributed by atoms with van der Waals surface area (Å²) in [6.45, 7) is 1.19. The lowest BCUT2D eigenvalue weighted by atomic mass is 10.0. The molecule has 5 aromatic rings. The first-order valence-corrected chi connectivity index (χ1v) is 12.1. The van der Waals surface area contributed by atoms with E-state index in [1.165, 1.54) is 11.3 Å². The summed E-state index contributed by atoms with van der Waals surface area (Å²) in [7, 11) is 3.96. The molecular formula is C26H22ClN3O3S. The molecule has 2 aromatic heterocycles. The Morgan fingerprint density at radius 2 is 1.85 bits per heavy atom. The van der Waals surface area contributed by atoms with E-state index in [4.69, 9.17) is 16.0 Å². The second-order valence-corrected chi connectivity index (χ2v) is 9.76. The van der Waals surface area contributed by atoms with Gasteiger partial charge in [0.15, 0.2) is 5.13 Å². The first-order chi connectivity index (χ1) is 16.4. The third-order valence-corrected chi connectivity index (χ3v) is 7.04. The molecule has 0 aliphatic heterocycles. The summed E-state index contributed by atoms with van der Waals surface area (Å²) in [5.41, 5.74) is 0.417. The second-order valence-electron chi connectivity index (χ2n) is 8.34. The van der Waals surface area contributed by atoms with Crippen LogP contribution in [0.15, 0.2) is 69.9 Å².